The van der Waals surface area contributed by atoms with Gasteiger partial charge in [-0.1, -0.05) is 0 Å². The molecule has 0 spiro atoms. The van der Waals surface area contributed by atoms with Crippen molar-refractivity contribution in [1.82, 2.24) is 4.90 Å². The molecule has 0 fully saturated rings. The molecular weight excluding hydrogens is 212 g/mol. The third-order valence-electron chi connectivity index (χ3n) is 3.12. The number of hydrogen-bond acceptors (Lipinski definition) is 3. The highest BCUT2D eigenvalue weighted by atomic mass is 16.5. The minimum atomic E-state index is -0.0121. The third-order valence-corrected chi connectivity index (χ3v) is 3.12. The molecule has 0 heterocycles. The Kier molecular flexibility index (Phi) is 4.14. The topological polar surface area (TPSA) is 36.3 Å². The van der Waals surface area contributed by atoms with E-state index in [1.807, 2.05) is 33.2 Å². The summed E-state index contributed by atoms with van der Waals surface area (Å²) in [7, 11) is 4.07. The maximum Gasteiger partial charge on any atom is 0.119 e. The number of benzene rings is 1. The molecule has 3 heteroatoms. The van der Waals surface area contributed by atoms with E-state index in [1.165, 1.54) is 0 Å². The van der Waals surface area contributed by atoms with Crippen LogP contribution in [0.25, 0.3) is 0 Å². The summed E-state index contributed by atoms with van der Waals surface area (Å²) < 4.78 is 5.76. The van der Waals surface area contributed by atoms with Gasteiger partial charge in [-0.2, -0.15) is 5.26 Å². The highest BCUT2D eigenvalue weighted by molar-refractivity contribution is 5.41. The Morgan fingerprint density at radius 3 is 2.47 bits per heavy atom. The van der Waals surface area contributed by atoms with E-state index in [0.29, 0.717) is 12.2 Å². The van der Waals surface area contributed by atoms with Crippen molar-refractivity contribution in [3.8, 4) is 11.8 Å². The van der Waals surface area contributed by atoms with Crippen molar-refractivity contribution in [2.24, 2.45) is 0 Å². The van der Waals surface area contributed by atoms with Crippen molar-refractivity contribution < 1.29 is 4.74 Å². The van der Waals surface area contributed by atoms with E-state index in [0.717, 1.165) is 11.3 Å². The molecule has 0 N–H and O–H groups in total. The zero-order valence-corrected chi connectivity index (χ0v) is 11.2. The van der Waals surface area contributed by atoms with Gasteiger partial charge in [0.25, 0.3) is 0 Å². The highest BCUT2D eigenvalue weighted by Gasteiger charge is 2.21. The summed E-state index contributed by atoms with van der Waals surface area (Å²) in [5.74, 6) is 0.816. The van der Waals surface area contributed by atoms with E-state index in [1.54, 1.807) is 6.07 Å². The summed E-state index contributed by atoms with van der Waals surface area (Å²) in [6, 6.07) is 7.70. The Bertz CT molecular complexity index is 430. The molecule has 0 aliphatic carbocycles. The first-order valence-corrected chi connectivity index (χ1v) is 5.68. The van der Waals surface area contributed by atoms with Crippen molar-refractivity contribution in [3.05, 3.63) is 29.3 Å². The van der Waals surface area contributed by atoms with E-state index in [4.69, 9.17) is 10.00 Å². The van der Waals surface area contributed by atoms with Gasteiger partial charge >= 0.3 is 0 Å². The van der Waals surface area contributed by atoms with Crippen molar-refractivity contribution >= 4 is 0 Å². The fourth-order valence-corrected chi connectivity index (χ4v) is 1.24. The van der Waals surface area contributed by atoms with Crippen LogP contribution < -0.4 is 4.74 Å². The average Bonchev–Trinajstić information content (AvgIpc) is 2.26. The van der Waals surface area contributed by atoms with Gasteiger partial charge < -0.3 is 9.64 Å². The molecule has 0 radical (unpaired) electrons. The van der Waals surface area contributed by atoms with E-state index in [2.05, 4.69) is 24.8 Å². The molecule has 1 aromatic carbocycles. The van der Waals surface area contributed by atoms with E-state index in [-0.39, 0.29) is 5.54 Å². The fourth-order valence-electron chi connectivity index (χ4n) is 1.24. The first kappa shape index (κ1) is 13.5. The number of hydrogen-bond donors (Lipinski definition) is 0. The number of ether oxygens (including phenoxy) is 1. The molecule has 0 saturated heterocycles. The third kappa shape index (κ3) is 3.47. The van der Waals surface area contributed by atoms with Crippen molar-refractivity contribution in [1.29, 1.82) is 5.26 Å². The maximum absolute atomic E-state index is 8.84. The van der Waals surface area contributed by atoms with E-state index in [9.17, 15) is 0 Å². The zero-order chi connectivity index (χ0) is 13.1. The lowest BCUT2D eigenvalue weighted by molar-refractivity contribution is 0.114. The molecule has 0 amide bonds. The Labute approximate surface area is 104 Å². The normalized spacial score (nSPS) is 11.4. The highest BCUT2D eigenvalue weighted by Crippen LogP contribution is 2.19. The second kappa shape index (κ2) is 5.20. The monoisotopic (exact) mass is 232 g/mol. The molecule has 17 heavy (non-hydrogen) atoms. The predicted octanol–water partition coefficient (Wildman–Crippen LogP) is 2.59. The lowest BCUT2D eigenvalue weighted by Gasteiger charge is -2.32. The number of nitrogens with zero attached hydrogens (tertiary/aromatic N) is 2. The van der Waals surface area contributed by atoms with Crippen LogP contribution >= 0.6 is 0 Å². The SMILES string of the molecule is Cc1cc(OCC(C)(C)N(C)C)ccc1C#N. The quantitative estimate of drug-likeness (QED) is 0.800. The van der Waals surface area contributed by atoms with Crippen LogP contribution in [-0.2, 0) is 0 Å². The summed E-state index contributed by atoms with van der Waals surface area (Å²) in [5.41, 5.74) is 1.64. The molecule has 0 aromatic heterocycles. The van der Waals surface area contributed by atoms with Gasteiger partial charge in [0.15, 0.2) is 0 Å². The van der Waals surface area contributed by atoms with Gasteiger partial charge in [0.05, 0.1) is 11.6 Å². The molecule has 92 valence electrons. The van der Waals surface area contributed by atoms with Crippen LogP contribution in [0.3, 0.4) is 0 Å². The standard InChI is InChI=1S/C14H20N2O/c1-11-8-13(7-6-12(11)9-15)17-10-14(2,3)16(4)5/h6-8H,10H2,1-5H3. The van der Waals surface area contributed by atoms with Gasteiger partial charge in [0, 0.05) is 5.54 Å². The van der Waals surface area contributed by atoms with E-state index >= 15 is 0 Å². The van der Waals surface area contributed by atoms with Crippen molar-refractivity contribution in [2.75, 3.05) is 20.7 Å². The Hall–Kier alpha value is -1.53. The van der Waals surface area contributed by atoms with Crippen LogP contribution in [-0.4, -0.2) is 31.1 Å². The van der Waals surface area contributed by atoms with Gasteiger partial charge in [-0.3, -0.25) is 0 Å². The minimum Gasteiger partial charge on any atom is -0.492 e. The molecule has 1 aromatic rings. The van der Waals surface area contributed by atoms with Gasteiger partial charge in [-0.05, 0) is 58.6 Å². The van der Waals surface area contributed by atoms with Gasteiger partial charge in [0.2, 0.25) is 0 Å². The molecule has 1 rings (SSSR count). The number of rotatable bonds is 4. The molecule has 0 unspecified atom stereocenters. The van der Waals surface area contributed by atoms with Crippen LogP contribution in [0.15, 0.2) is 18.2 Å². The van der Waals surface area contributed by atoms with Gasteiger partial charge in [0.1, 0.15) is 12.4 Å². The molecule has 0 atom stereocenters. The zero-order valence-electron chi connectivity index (χ0n) is 11.2. The summed E-state index contributed by atoms with van der Waals surface area (Å²) in [4.78, 5) is 2.13. The Morgan fingerprint density at radius 2 is 2.00 bits per heavy atom. The van der Waals surface area contributed by atoms with Gasteiger partial charge in [-0.25, -0.2) is 0 Å². The molecule has 0 aliphatic rings. The van der Waals surface area contributed by atoms with Crippen LogP contribution in [0, 0.1) is 18.3 Å². The molecular formula is C14H20N2O. The largest absolute Gasteiger partial charge is 0.492 e. The van der Waals surface area contributed by atoms with Crippen LogP contribution in [0.1, 0.15) is 25.0 Å². The second-order valence-electron chi connectivity index (χ2n) is 5.08. The summed E-state index contributed by atoms with van der Waals surface area (Å²) in [6.07, 6.45) is 0. The number of likely N-dealkylation sites (N-methyl/N-ethyl adjacent to an activating group) is 1. The Balaban J connectivity index is 2.72. The summed E-state index contributed by atoms with van der Waals surface area (Å²) >= 11 is 0. The van der Waals surface area contributed by atoms with Crippen molar-refractivity contribution in [2.45, 2.75) is 26.3 Å². The van der Waals surface area contributed by atoms with E-state index < -0.39 is 0 Å². The van der Waals surface area contributed by atoms with Crippen LogP contribution in [0.5, 0.6) is 5.75 Å². The second-order valence-corrected chi connectivity index (χ2v) is 5.08. The molecule has 0 bridgehead atoms. The molecule has 0 saturated carbocycles. The number of aryl methyl sites for hydroxylation is 1. The van der Waals surface area contributed by atoms with Crippen LogP contribution in [0.2, 0.25) is 0 Å². The Morgan fingerprint density at radius 1 is 1.35 bits per heavy atom. The van der Waals surface area contributed by atoms with Gasteiger partial charge in [-0.15, -0.1) is 0 Å². The first-order valence-electron chi connectivity index (χ1n) is 5.68. The summed E-state index contributed by atoms with van der Waals surface area (Å²) in [5, 5.41) is 8.84. The first-order chi connectivity index (χ1) is 7.86. The lowest BCUT2D eigenvalue weighted by atomic mass is 10.1. The average molecular weight is 232 g/mol. The maximum atomic E-state index is 8.84. The fraction of sp³-hybridized carbons (Fsp3) is 0.500. The predicted molar refractivity (Wildman–Crippen MR) is 69.2 cm³/mol. The lowest BCUT2D eigenvalue weighted by Crippen LogP contribution is -2.43. The summed E-state index contributed by atoms with van der Waals surface area (Å²) in [6.45, 7) is 6.79. The molecule has 3 nitrogen and oxygen atoms in total. The van der Waals surface area contributed by atoms with Crippen LogP contribution in [0.4, 0.5) is 0 Å². The van der Waals surface area contributed by atoms with Crippen molar-refractivity contribution in [3.63, 3.8) is 0 Å². The number of nitriles is 1. The smallest absolute Gasteiger partial charge is 0.119 e. The molecule has 0 aliphatic heterocycles. The minimum absolute atomic E-state index is 0.0121.